The van der Waals surface area contributed by atoms with Crippen LogP contribution in [0.15, 0.2) is 23.1 Å². The van der Waals surface area contributed by atoms with Crippen LogP contribution in [0.3, 0.4) is 0 Å². The number of nitrogens with zero attached hydrogens (tertiary/aromatic N) is 4. The van der Waals surface area contributed by atoms with Gasteiger partial charge < -0.3 is 20.1 Å². The van der Waals surface area contributed by atoms with Crippen LogP contribution in [0.1, 0.15) is 36.7 Å². The lowest BCUT2D eigenvalue weighted by atomic mass is 9.95. The molecule has 0 unspecified atom stereocenters. The third-order valence-corrected chi connectivity index (χ3v) is 6.46. The molecule has 4 rings (SSSR count). The van der Waals surface area contributed by atoms with Gasteiger partial charge in [0.1, 0.15) is 21.7 Å². The molecular weight excluding hydrogens is 470 g/mol. The number of fused-ring (bicyclic) bond motifs is 1. The standard InChI is InChI=1S/C21H25BrClN5O2/c1-4-30-18-14(11-15(23)13(3)16(18)27-7-9-29-10-8-27)12(2)21-26-19(22)17-20(24)25-5-6-28(17)21/h5-6,11-12H,4,7-10H2,1-3H3,(H2,24,25)/t12-/m1/s1. The van der Waals surface area contributed by atoms with Crippen molar-refractivity contribution in [3.8, 4) is 5.75 Å². The first-order chi connectivity index (χ1) is 14.4. The topological polar surface area (TPSA) is 77.9 Å². The van der Waals surface area contributed by atoms with Crippen LogP contribution >= 0.6 is 27.5 Å². The fraction of sp³-hybridized carbons (Fsp3) is 0.429. The molecule has 2 aromatic heterocycles. The number of nitrogens with two attached hydrogens (primary N) is 1. The van der Waals surface area contributed by atoms with Gasteiger partial charge in [-0.25, -0.2) is 9.97 Å². The Bertz CT molecular complexity index is 1080. The molecule has 0 radical (unpaired) electrons. The second-order valence-corrected chi connectivity index (χ2v) is 8.45. The van der Waals surface area contributed by atoms with Gasteiger partial charge in [-0.05, 0) is 41.4 Å². The summed E-state index contributed by atoms with van der Waals surface area (Å²) in [4.78, 5) is 11.2. The Morgan fingerprint density at radius 1 is 1.37 bits per heavy atom. The number of halogens is 2. The van der Waals surface area contributed by atoms with Gasteiger partial charge in [-0.3, -0.25) is 4.40 Å². The summed E-state index contributed by atoms with van der Waals surface area (Å²) in [6.07, 6.45) is 3.55. The number of hydrogen-bond acceptors (Lipinski definition) is 6. The van der Waals surface area contributed by atoms with Crippen molar-refractivity contribution >= 4 is 44.6 Å². The van der Waals surface area contributed by atoms with E-state index < -0.39 is 0 Å². The Kier molecular flexibility index (Phi) is 6.09. The summed E-state index contributed by atoms with van der Waals surface area (Å²) in [6, 6.07) is 2.00. The number of hydrogen-bond donors (Lipinski definition) is 1. The predicted molar refractivity (Wildman–Crippen MR) is 123 cm³/mol. The average molecular weight is 495 g/mol. The summed E-state index contributed by atoms with van der Waals surface area (Å²) >= 11 is 10.2. The van der Waals surface area contributed by atoms with Crippen molar-refractivity contribution in [3.05, 3.63) is 45.0 Å². The lowest BCUT2D eigenvalue weighted by Crippen LogP contribution is -2.37. The fourth-order valence-electron chi connectivity index (χ4n) is 4.00. The van der Waals surface area contributed by atoms with E-state index in [2.05, 4.69) is 32.7 Å². The van der Waals surface area contributed by atoms with Gasteiger partial charge in [0.05, 0.1) is 25.5 Å². The van der Waals surface area contributed by atoms with E-state index in [0.717, 1.165) is 47.0 Å². The minimum atomic E-state index is -0.0926. The van der Waals surface area contributed by atoms with E-state index in [1.165, 1.54) is 0 Å². The second-order valence-electron chi connectivity index (χ2n) is 7.30. The van der Waals surface area contributed by atoms with Crippen LogP contribution in [-0.2, 0) is 4.74 Å². The molecule has 1 saturated heterocycles. The molecule has 0 bridgehead atoms. The van der Waals surface area contributed by atoms with Gasteiger partial charge >= 0.3 is 0 Å². The quantitative estimate of drug-likeness (QED) is 0.566. The monoisotopic (exact) mass is 493 g/mol. The number of aromatic nitrogens is 3. The SMILES string of the molecule is CCOc1c([C@@H](C)c2nc(Br)c3c(N)nccn23)cc(Cl)c(C)c1N1CCOCC1. The highest BCUT2D eigenvalue weighted by molar-refractivity contribution is 9.10. The van der Waals surface area contributed by atoms with Gasteiger partial charge in [0.15, 0.2) is 5.82 Å². The zero-order valence-corrected chi connectivity index (χ0v) is 19.6. The zero-order valence-electron chi connectivity index (χ0n) is 17.3. The summed E-state index contributed by atoms with van der Waals surface area (Å²) in [5.74, 6) is 2.02. The van der Waals surface area contributed by atoms with Crippen molar-refractivity contribution in [1.29, 1.82) is 0 Å². The highest BCUT2D eigenvalue weighted by Crippen LogP contribution is 2.44. The molecule has 0 aliphatic carbocycles. The molecule has 7 nitrogen and oxygen atoms in total. The molecule has 0 saturated carbocycles. The lowest BCUT2D eigenvalue weighted by molar-refractivity contribution is 0.122. The molecule has 1 aromatic carbocycles. The summed E-state index contributed by atoms with van der Waals surface area (Å²) < 4.78 is 14.4. The van der Waals surface area contributed by atoms with Gasteiger partial charge in [-0.15, -0.1) is 0 Å². The number of morpholine rings is 1. The summed E-state index contributed by atoms with van der Waals surface area (Å²) in [7, 11) is 0. The fourth-order valence-corrected chi connectivity index (χ4v) is 4.79. The molecule has 1 aliphatic heterocycles. The predicted octanol–water partition coefficient (Wildman–Crippen LogP) is 4.42. The minimum absolute atomic E-state index is 0.0926. The molecule has 160 valence electrons. The van der Waals surface area contributed by atoms with Crippen molar-refractivity contribution in [1.82, 2.24) is 14.4 Å². The van der Waals surface area contributed by atoms with E-state index in [4.69, 9.17) is 31.8 Å². The maximum atomic E-state index is 6.71. The van der Waals surface area contributed by atoms with Crippen molar-refractivity contribution in [3.63, 3.8) is 0 Å². The smallest absolute Gasteiger partial charge is 0.150 e. The molecule has 2 N–H and O–H groups in total. The van der Waals surface area contributed by atoms with Crippen molar-refractivity contribution < 1.29 is 9.47 Å². The molecule has 9 heteroatoms. The van der Waals surface area contributed by atoms with Crippen LogP contribution in [0, 0.1) is 6.92 Å². The number of rotatable bonds is 5. The molecule has 3 aromatic rings. The van der Waals surface area contributed by atoms with Gasteiger partial charge in [0.25, 0.3) is 0 Å². The van der Waals surface area contributed by atoms with Gasteiger partial charge in [-0.1, -0.05) is 18.5 Å². The van der Waals surface area contributed by atoms with Crippen LogP contribution < -0.4 is 15.4 Å². The number of ether oxygens (including phenoxy) is 2. The van der Waals surface area contributed by atoms with Crippen molar-refractivity contribution in [2.24, 2.45) is 0 Å². The largest absolute Gasteiger partial charge is 0.491 e. The summed E-state index contributed by atoms with van der Waals surface area (Å²) in [6.45, 7) is 9.67. The molecule has 1 atom stereocenters. The Morgan fingerprint density at radius 3 is 2.80 bits per heavy atom. The maximum absolute atomic E-state index is 6.71. The van der Waals surface area contributed by atoms with Gasteiger partial charge in [0.2, 0.25) is 0 Å². The third kappa shape index (κ3) is 3.61. The number of benzene rings is 1. The van der Waals surface area contributed by atoms with Crippen molar-refractivity contribution in [2.45, 2.75) is 26.7 Å². The second kappa shape index (κ2) is 8.61. The Labute approximate surface area is 189 Å². The maximum Gasteiger partial charge on any atom is 0.150 e. The van der Waals surface area contributed by atoms with E-state index in [1.54, 1.807) is 6.20 Å². The van der Waals surface area contributed by atoms with E-state index >= 15 is 0 Å². The van der Waals surface area contributed by atoms with E-state index in [9.17, 15) is 0 Å². The molecule has 3 heterocycles. The first kappa shape index (κ1) is 21.2. The molecule has 0 spiro atoms. The van der Waals surface area contributed by atoms with Crippen LogP contribution in [0.5, 0.6) is 5.75 Å². The summed E-state index contributed by atoms with van der Waals surface area (Å²) in [5.41, 5.74) is 9.88. The van der Waals surface area contributed by atoms with E-state index in [-0.39, 0.29) is 5.92 Å². The first-order valence-corrected chi connectivity index (χ1v) is 11.2. The third-order valence-electron chi connectivity index (χ3n) is 5.51. The van der Waals surface area contributed by atoms with Gasteiger partial charge in [0, 0.05) is 42.0 Å². The molecular formula is C21H25BrClN5O2. The Hall–Kier alpha value is -2.03. The van der Waals surface area contributed by atoms with Crippen LogP contribution in [0.25, 0.3) is 5.52 Å². The molecule has 1 aliphatic rings. The lowest BCUT2D eigenvalue weighted by Gasteiger charge is -2.33. The summed E-state index contributed by atoms with van der Waals surface area (Å²) in [5, 5.41) is 0.711. The molecule has 0 amide bonds. The zero-order chi connectivity index (χ0) is 21.4. The van der Waals surface area contributed by atoms with E-state index in [0.29, 0.717) is 35.3 Å². The Balaban J connectivity index is 1.90. The normalized spacial score (nSPS) is 15.6. The molecule has 30 heavy (non-hydrogen) atoms. The number of anilines is 2. The highest BCUT2D eigenvalue weighted by atomic mass is 79.9. The van der Waals surface area contributed by atoms with Crippen LogP contribution in [0.2, 0.25) is 5.02 Å². The van der Waals surface area contributed by atoms with Crippen LogP contribution in [-0.4, -0.2) is 47.3 Å². The molecule has 1 fully saturated rings. The van der Waals surface area contributed by atoms with E-state index in [1.807, 2.05) is 30.5 Å². The minimum Gasteiger partial charge on any atom is -0.491 e. The van der Waals surface area contributed by atoms with Crippen LogP contribution in [0.4, 0.5) is 11.5 Å². The highest BCUT2D eigenvalue weighted by Gasteiger charge is 2.28. The first-order valence-electron chi connectivity index (χ1n) is 10.00. The number of imidazole rings is 1. The Morgan fingerprint density at radius 2 is 2.10 bits per heavy atom. The van der Waals surface area contributed by atoms with Crippen molar-refractivity contribution in [2.75, 3.05) is 43.5 Å². The van der Waals surface area contributed by atoms with Gasteiger partial charge in [-0.2, -0.15) is 0 Å². The number of nitrogen functional groups attached to an aromatic ring is 1. The average Bonchev–Trinajstić information content (AvgIpc) is 3.09.